The van der Waals surface area contributed by atoms with Gasteiger partial charge in [0.05, 0.1) is 24.8 Å². The third-order valence-electron chi connectivity index (χ3n) is 3.89. The molecule has 130 valence electrons. The van der Waals surface area contributed by atoms with Gasteiger partial charge in [-0.2, -0.15) is 13.8 Å². The molecule has 0 N–H and O–H groups in total. The smallest absolute Gasteiger partial charge is 0.387 e. The Kier molecular flexibility index (Phi) is 5.06. The average molecular weight is 339 g/mol. The topological polar surface area (TPSA) is 60.6 Å². The number of benzene rings is 1. The van der Waals surface area contributed by atoms with Crippen molar-refractivity contribution < 1.29 is 22.8 Å². The highest BCUT2D eigenvalue weighted by atomic mass is 19.3. The molecule has 3 rings (SSSR count). The molecule has 0 aliphatic carbocycles. The van der Waals surface area contributed by atoms with Crippen LogP contribution in [0.25, 0.3) is 11.4 Å². The molecule has 2 heterocycles. The van der Waals surface area contributed by atoms with E-state index >= 15 is 0 Å². The van der Waals surface area contributed by atoms with Crippen molar-refractivity contribution >= 4 is 0 Å². The van der Waals surface area contributed by atoms with Crippen LogP contribution < -0.4 is 4.74 Å². The van der Waals surface area contributed by atoms with Crippen LogP contribution >= 0.6 is 0 Å². The normalized spacial score (nSPS) is 22.0. The third-order valence-corrected chi connectivity index (χ3v) is 3.89. The molecule has 0 bridgehead atoms. The molecule has 0 amide bonds. The van der Waals surface area contributed by atoms with Crippen molar-refractivity contribution in [3.63, 3.8) is 0 Å². The molecule has 0 radical (unpaired) electrons. The molecule has 0 spiro atoms. The van der Waals surface area contributed by atoms with Crippen LogP contribution in [0, 0.1) is 0 Å². The van der Waals surface area contributed by atoms with Crippen molar-refractivity contribution in [2.24, 2.45) is 0 Å². The molecule has 1 saturated heterocycles. The number of alkyl halides is 2. The van der Waals surface area contributed by atoms with Gasteiger partial charge in [-0.25, -0.2) is 0 Å². The van der Waals surface area contributed by atoms with Gasteiger partial charge < -0.3 is 14.0 Å². The first-order chi connectivity index (χ1) is 11.5. The largest absolute Gasteiger partial charge is 0.434 e. The SMILES string of the molecule is CC1CN(Cc2nc(-c3ccccc3OC(F)F)no2)C(C)CO1. The van der Waals surface area contributed by atoms with Crippen molar-refractivity contribution in [3.05, 3.63) is 30.2 Å². The van der Waals surface area contributed by atoms with Crippen LogP contribution in [0.15, 0.2) is 28.8 Å². The monoisotopic (exact) mass is 339 g/mol. The van der Waals surface area contributed by atoms with Gasteiger partial charge in [-0.05, 0) is 26.0 Å². The van der Waals surface area contributed by atoms with Gasteiger partial charge >= 0.3 is 6.61 Å². The average Bonchev–Trinajstić information content (AvgIpc) is 2.99. The summed E-state index contributed by atoms with van der Waals surface area (Å²) >= 11 is 0. The lowest BCUT2D eigenvalue weighted by atomic mass is 10.2. The van der Waals surface area contributed by atoms with E-state index in [2.05, 4.69) is 26.7 Å². The minimum absolute atomic E-state index is 0.0215. The Bertz CT molecular complexity index is 680. The summed E-state index contributed by atoms with van der Waals surface area (Å²) in [6.07, 6.45) is 0.142. The number of nitrogens with zero attached hydrogens (tertiary/aromatic N) is 3. The second-order valence-electron chi connectivity index (χ2n) is 5.81. The van der Waals surface area contributed by atoms with Gasteiger partial charge in [0.25, 0.3) is 0 Å². The van der Waals surface area contributed by atoms with E-state index in [1.54, 1.807) is 18.2 Å². The molecule has 1 aliphatic heterocycles. The van der Waals surface area contributed by atoms with Crippen molar-refractivity contribution in [1.82, 2.24) is 15.0 Å². The first-order valence-corrected chi connectivity index (χ1v) is 7.75. The number of hydrogen-bond donors (Lipinski definition) is 0. The zero-order valence-electron chi connectivity index (χ0n) is 13.5. The summed E-state index contributed by atoms with van der Waals surface area (Å²) in [4.78, 5) is 6.50. The molecule has 6 nitrogen and oxygen atoms in total. The van der Waals surface area contributed by atoms with Crippen molar-refractivity contribution in [2.45, 2.75) is 39.1 Å². The maximum atomic E-state index is 12.5. The summed E-state index contributed by atoms with van der Waals surface area (Å²) < 4.78 is 40.4. The number of para-hydroxylation sites is 1. The van der Waals surface area contributed by atoms with Gasteiger partial charge in [-0.3, -0.25) is 4.90 Å². The quantitative estimate of drug-likeness (QED) is 0.835. The number of rotatable bonds is 5. The lowest BCUT2D eigenvalue weighted by molar-refractivity contribution is -0.0555. The first kappa shape index (κ1) is 16.8. The molecular weight excluding hydrogens is 320 g/mol. The van der Waals surface area contributed by atoms with E-state index in [1.165, 1.54) is 6.07 Å². The lowest BCUT2D eigenvalue weighted by Gasteiger charge is -2.35. The second kappa shape index (κ2) is 7.23. The van der Waals surface area contributed by atoms with E-state index < -0.39 is 6.61 Å². The number of halogens is 2. The fourth-order valence-electron chi connectivity index (χ4n) is 2.64. The standard InChI is InChI=1S/C16H19F2N3O3/c1-10-9-22-11(2)7-21(10)8-14-19-15(20-24-14)12-5-3-4-6-13(12)23-16(17)18/h3-6,10-11,16H,7-9H2,1-2H3. The van der Waals surface area contributed by atoms with E-state index in [9.17, 15) is 8.78 Å². The van der Waals surface area contributed by atoms with Crippen molar-refractivity contribution in [1.29, 1.82) is 0 Å². The summed E-state index contributed by atoms with van der Waals surface area (Å²) in [6, 6.07) is 6.62. The lowest BCUT2D eigenvalue weighted by Crippen LogP contribution is -2.46. The number of ether oxygens (including phenoxy) is 2. The predicted octanol–water partition coefficient (Wildman–Crippen LogP) is 2.95. The summed E-state index contributed by atoms with van der Waals surface area (Å²) in [5, 5.41) is 3.90. The van der Waals surface area contributed by atoms with Gasteiger partial charge in [0.15, 0.2) is 0 Å². The maximum Gasteiger partial charge on any atom is 0.387 e. The predicted molar refractivity (Wildman–Crippen MR) is 81.7 cm³/mol. The maximum absolute atomic E-state index is 12.5. The van der Waals surface area contributed by atoms with Crippen LogP contribution in [0.3, 0.4) is 0 Å². The molecule has 1 aromatic carbocycles. The van der Waals surface area contributed by atoms with Gasteiger partial charge in [0.2, 0.25) is 11.7 Å². The summed E-state index contributed by atoms with van der Waals surface area (Å²) in [7, 11) is 0. The molecule has 24 heavy (non-hydrogen) atoms. The van der Waals surface area contributed by atoms with Gasteiger partial charge in [0, 0.05) is 12.6 Å². The van der Waals surface area contributed by atoms with Crippen molar-refractivity contribution in [2.75, 3.05) is 13.2 Å². The van der Waals surface area contributed by atoms with Gasteiger partial charge in [-0.15, -0.1) is 0 Å². The number of aromatic nitrogens is 2. The fraction of sp³-hybridized carbons (Fsp3) is 0.500. The van der Waals surface area contributed by atoms with Gasteiger partial charge in [-0.1, -0.05) is 17.3 Å². The van der Waals surface area contributed by atoms with E-state index in [0.29, 0.717) is 24.6 Å². The summed E-state index contributed by atoms with van der Waals surface area (Å²) in [5.41, 5.74) is 0.371. The first-order valence-electron chi connectivity index (χ1n) is 7.75. The van der Waals surface area contributed by atoms with E-state index in [-0.39, 0.29) is 23.7 Å². The Hall–Kier alpha value is -2.06. The zero-order valence-corrected chi connectivity index (χ0v) is 13.5. The minimum Gasteiger partial charge on any atom is -0.434 e. The molecule has 1 aliphatic rings. The van der Waals surface area contributed by atoms with Crippen LogP contribution in [-0.2, 0) is 11.3 Å². The molecule has 8 heteroatoms. The Balaban J connectivity index is 1.76. The Morgan fingerprint density at radius 2 is 2.12 bits per heavy atom. The molecule has 2 aromatic rings. The highest BCUT2D eigenvalue weighted by Crippen LogP contribution is 2.29. The molecule has 1 aromatic heterocycles. The minimum atomic E-state index is -2.91. The van der Waals surface area contributed by atoms with Crippen LogP contribution in [0.5, 0.6) is 5.75 Å². The van der Waals surface area contributed by atoms with Crippen molar-refractivity contribution in [3.8, 4) is 17.1 Å². The van der Waals surface area contributed by atoms with E-state index in [4.69, 9.17) is 9.26 Å². The molecular formula is C16H19F2N3O3. The Morgan fingerprint density at radius 1 is 1.33 bits per heavy atom. The Morgan fingerprint density at radius 3 is 2.92 bits per heavy atom. The highest BCUT2D eigenvalue weighted by molar-refractivity contribution is 5.63. The fourth-order valence-corrected chi connectivity index (χ4v) is 2.64. The zero-order chi connectivity index (χ0) is 17.1. The van der Waals surface area contributed by atoms with Crippen LogP contribution in [0.4, 0.5) is 8.78 Å². The Labute approximate surface area is 138 Å². The molecule has 0 saturated carbocycles. The van der Waals surface area contributed by atoms with Crippen LogP contribution in [0.2, 0.25) is 0 Å². The van der Waals surface area contributed by atoms with Crippen LogP contribution in [0.1, 0.15) is 19.7 Å². The highest BCUT2D eigenvalue weighted by Gasteiger charge is 2.25. The summed E-state index contributed by atoms with van der Waals surface area (Å²) in [6.45, 7) is 3.07. The van der Waals surface area contributed by atoms with E-state index in [1.807, 2.05) is 6.92 Å². The van der Waals surface area contributed by atoms with Crippen LogP contribution in [-0.4, -0.2) is 46.9 Å². The third kappa shape index (κ3) is 3.88. The number of morpholine rings is 1. The molecule has 1 fully saturated rings. The van der Waals surface area contributed by atoms with Gasteiger partial charge in [0.1, 0.15) is 5.75 Å². The second-order valence-corrected chi connectivity index (χ2v) is 5.81. The van der Waals surface area contributed by atoms with E-state index in [0.717, 1.165) is 6.54 Å². The number of hydrogen-bond acceptors (Lipinski definition) is 6. The molecule has 2 unspecified atom stereocenters. The molecule has 2 atom stereocenters. The summed E-state index contributed by atoms with van der Waals surface area (Å²) in [5.74, 6) is 0.682.